The first-order valence-electron chi connectivity index (χ1n) is 8.94. The average Bonchev–Trinajstić information content (AvgIpc) is 3.16. The summed E-state index contributed by atoms with van der Waals surface area (Å²) in [6.45, 7) is 5.42. The first-order chi connectivity index (χ1) is 12.6. The van der Waals surface area contributed by atoms with E-state index in [9.17, 15) is 4.79 Å². The van der Waals surface area contributed by atoms with Gasteiger partial charge in [-0.25, -0.2) is 0 Å². The minimum Gasteiger partial charge on any atom is -0.491 e. The Hall–Kier alpha value is -2.53. The standard InChI is InChI=1S/C21H25NO4/c1-15-5-8-19(12-16(15)2)26-14-21(23)22-17-6-9-18(10-7-17)25-13-20-4-3-11-24-20/h5-10,12,20H,3-4,11,13-14H2,1-2H3,(H,22,23). The van der Waals surface area contributed by atoms with Gasteiger partial charge in [-0.2, -0.15) is 0 Å². The van der Waals surface area contributed by atoms with Crippen molar-refractivity contribution >= 4 is 11.6 Å². The fraction of sp³-hybridized carbons (Fsp3) is 0.381. The van der Waals surface area contributed by atoms with Crippen LogP contribution in [-0.4, -0.2) is 31.8 Å². The van der Waals surface area contributed by atoms with Gasteiger partial charge in [0, 0.05) is 12.3 Å². The first kappa shape index (κ1) is 18.3. The molecule has 1 heterocycles. The third-order valence-electron chi connectivity index (χ3n) is 4.45. The van der Waals surface area contributed by atoms with Crippen LogP contribution in [0.15, 0.2) is 42.5 Å². The predicted octanol–water partition coefficient (Wildman–Crippen LogP) is 3.88. The molecule has 5 heteroatoms. The topological polar surface area (TPSA) is 56.8 Å². The zero-order chi connectivity index (χ0) is 18.4. The highest BCUT2D eigenvalue weighted by atomic mass is 16.5. The second-order valence-electron chi connectivity index (χ2n) is 6.55. The Morgan fingerprint density at radius 2 is 1.85 bits per heavy atom. The maximum absolute atomic E-state index is 12.0. The number of anilines is 1. The van der Waals surface area contributed by atoms with Crippen LogP contribution in [0.3, 0.4) is 0 Å². The molecule has 0 aliphatic carbocycles. The minimum atomic E-state index is -0.198. The highest BCUT2D eigenvalue weighted by Gasteiger charge is 2.15. The molecule has 3 rings (SSSR count). The van der Waals surface area contributed by atoms with Gasteiger partial charge in [0.2, 0.25) is 0 Å². The zero-order valence-electron chi connectivity index (χ0n) is 15.3. The maximum Gasteiger partial charge on any atom is 0.262 e. The van der Waals surface area contributed by atoms with Crippen LogP contribution in [-0.2, 0) is 9.53 Å². The van der Waals surface area contributed by atoms with Gasteiger partial charge in [0.05, 0.1) is 6.10 Å². The van der Waals surface area contributed by atoms with E-state index in [1.54, 1.807) is 0 Å². The van der Waals surface area contributed by atoms with Crippen molar-refractivity contribution < 1.29 is 19.0 Å². The monoisotopic (exact) mass is 355 g/mol. The summed E-state index contributed by atoms with van der Waals surface area (Å²) in [5.41, 5.74) is 3.05. The smallest absolute Gasteiger partial charge is 0.262 e. The molecule has 0 spiro atoms. The Morgan fingerprint density at radius 3 is 2.54 bits per heavy atom. The fourth-order valence-electron chi connectivity index (χ4n) is 2.75. The molecule has 2 aromatic carbocycles. The Bertz CT molecular complexity index is 736. The van der Waals surface area contributed by atoms with Gasteiger partial charge >= 0.3 is 0 Å². The molecule has 1 amide bonds. The van der Waals surface area contributed by atoms with Crippen LogP contribution in [0.5, 0.6) is 11.5 Å². The fourth-order valence-corrected chi connectivity index (χ4v) is 2.75. The summed E-state index contributed by atoms with van der Waals surface area (Å²) >= 11 is 0. The summed E-state index contributed by atoms with van der Waals surface area (Å²) in [7, 11) is 0. The summed E-state index contributed by atoms with van der Waals surface area (Å²) < 4.78 is 16.8. The molecule has 1 atom stereocenters. The molecule has 1 unspecified atom stereocenters. The van der Waals surface area contributed by atoms with E-state index in [0.29, 0.717) is 18.0 Å². The van der Waals surface area contributed by atoms with E-state index in [1.165, 1.54) is 5.56 Å². The van der Waals surface area contributed by atoms with E-state index >= 15 is 0 Å². The lowest BCUT2D eigenvalue weighted by Crippen LogP contribution is -2.20. The molecule has 1 saturated heterocycles. The molecule has 0 saturated carbocycles. The van der Waals surface area contributed by atoms with Gasteiger partial charge in [-0.1, -0.05) is 6.07 Å². The largest absolute Gasteiger partial charge is 0.491 e. The number of nitrogens with one attached hydrogen (secondary N) is 1. The van der Waals surface area contributed by atoms with Gasteiger partial charge in [-0.05, 0) is 74.2 Å². The number of rotatable bonds is 7. The van der Waals surface area contributed by atoms with Gasteiger partial charge in [-0.15, -0.1) is 0 Å². The highest BCUT2D eigenvalue weighted by Crippen LogP contribution is 2.19. The highest BCUT2D eigenvalue weighted by molar-refractivity contribution is 5.91. The molecule has 1 fully saturated rings. The number of hydrogen-bond acceptors (Lipinski definition) is 4. The van der Waals surface area contributed by atoms with Gasteiger partial charge < -0.3 is 19.5 Å². The summed E-state index contributed by atoms with van der Waals surface area (Å²) in [4.78, 5) is 12.0. The van der Waals surface area contributed by atoms with Gasteiger partial charge in [0.25, 0.3) is 5.91 Å². The Balaban J connectivity index is 1.44. The van der Waals surface area contributed by atoms with Crippen LogP contribution in [0.4, 0.5) is 5.69 Å². The molecule has 1 aliphatic heterocycles. The summed E-state index contributed by atoms with van der Waals surface area (Å²) in [6.07, 6.45) is 2.34. The molecule has 26 heavy (non-hydrogen) atoms. The predicted molar refractivity (Wildman–Crippen MR) is 101 cm³/mol. The molecule has 138 valence electrons. The van der Waals surface area contributed by atoms with Crippen LogP contribution in [0.1, 0.15) is 24.0 Å². The summed E-state index contributed by atoms with van der Waals surface area (Å²) in [6, 6.07) is 13.1. The zero-order valence-corrected chi connectivity index (χ0v) is 15.3. The molecule has 0 bridgehead atoms. The van der Waals surface area contributed by atoms with Crippen LogP contribution in [0, 0.1) is 13.8 Å². The lowest BCUT2D eigenvalue weighted by atomic mass is 10.1. The maximum atomic E-state index is 12.0. The Morgan fingerprint density at radius 1 is 1.08 bits per heavy atom. The van der Waals surface area contributed by atoms with Crippen molar-refractivity contribution in [1.29, 1.82) is 0 Å². The van der Waals surface area contributed by atoms with E-state index in [-0.39, 0.29) is 18.6 Å². The van der Waals surface area contributed by atoms with E-state index < -0.39 is 0 Å². The second-order valence-corrected chi connectivity index (χ2v) is 6.55. The molecular formula is C21H25NO4. The van der Waals surface area contributed by atoms with Crippen molar-refractivity contribution in [2.24, 2.45) is 0 Å². The van der Waals surface area contributed by atoms with Crippen molar-refractivity contribution in [3.8, 4) is 11.5 Å². The van der Waals surface area contributed by atoms with Gasteiger partial charge in [0.15, 0.2) is 6.61 Å². The Labute approximate surface area is 154 Å². The number of carbonyl (C=O) groups is 1. The number of aryl methyl sites for hydroxylation is 2. The number of amides is 1. The summed E-state index contributed by atoms with van der Waals surface area (Å²) in [5, 5.41) is 2.82. The Kier molecular flexibility index (Phi) is 6.12. The molecule has 0 aromatic heterocycles. The van der Waals surface area contributed by atoms with Crippen molar-refractivity contribution in [2.75, 3.05) is 25.1 Å². The molecule has 0 radical (unpaired) electrons. The van der Waals surface area contributed by atoms with Crippen LogP contribution in [0.2, 0.25) is 0 Å². The summed E-state index contributed by atoms with van der Waals surface area (Å²) in [5.74, 6) is 1.27. The first-order valence-corrected chi connectivity index (χ1v) is 8.94. The molecular weight excluding hydrogens is 330 g/mol. The normalized spacial score (nSPS) is 16.3. The lowest BCUT2D eigenvalue weighted by Gasteiger charge is -2.12. The van der Waals surface area contributed by atoms with Crippen molar-refractivity contribution in [3.05, 3.63) is 53.6 Å². The van der Waals surface area contributed by atoms with Crippen molar-refractivity contribution in [2.45, 2.75) is 32.8 Å². The van der Waals surface area contributed by atoms with E-state index in [0.717, 1.165) is 30.8 Å². The van der Waals surface area contributed by atoms with Crippen LogP contribution < -0.4 is 14.8 Å². The third kappa shape index (κ3) is 5.23. The van der Waals surface area contributed by atoms with Crippen molar-refractivity contribution in [3.63, 3.8) is 0 Å². The average molecular weight is 355 g/mol. The number of ether oxygens (including phenoxy) is 3. The van der Waals surface area contributed by atoms with E-state index in [2.05, 4.69) is 5.32 Å². The van der Waals surface area contributed by atoms with Gasteiger partial charge in [-0.3, -0.25) is 4.79 Å². The number of hydrogen-bond donors (Lipinski definition) is 1. The quantitative estimate of drug-likeness (QED) is 0.819. The molecule has 1 N–H and O–H groups in total. The van der Waals surface area contributed by atoms with Crippen LogP contribution >= 0.6 is 0 Å². The molecule has 1 aliphatic rings. The lowest BCUT2D eigenvalue weighted by molar-refractivity contribution is -0.118. The number of benzene rings is 2. The van der Waals surface area contributed by atoms with Crippen LogP contribution in [0.25, 0.3) is 0 Å². The molecule has 2 aromatic rings. The van der Waals surface area contributed by atoms with E-state index in [1.807, 2.05) is 56.3 Å². The van der Waals surface area contributed by atoms with Gasteiger partial charge in [0.1, 0.15) is 18.1 Å². The van der Waals surface area contributed by atoms with E-state index in [4.69, 9.17) is 14.2 Å². The number of carbonyl (C=O) groups excluding carboxylic acids is 1. The minimum absolute atomic E-state index is 0.0280. The SMILES string of the molecule is Cc1ccc(OCC(=O)Nc2ccc(OCC3CCCO3)cc2)cc1C. The third-order valence-corrected chi connectivity index (χ3v) is 4.45. The van der Waals surface area contributed by atoms with Crippen molar-refractivity contribution in [1.82, 2.24) is 0 Å². The second kappa shape index (κ2) is 8.72. The molecule has 5 nitrogen and oxygen atoms in total.